The van der Waals surface area contributed by atoms with Gasteiger partial charge in [0.15, 0.2) is 0 Å². The standard InChI is InChI=1S/C18H27N3O3/c1-14-16(5-4-6-17(14)20-7-2-3-8-20)19-18(23)21-9-10-24-13-15(11-21)12-22/h4-6,15,22H,2-3,7-13H2,1H3,(H,19,23)/t15-/m0/s1. The molecule has 1 aromatic rings. The molecule has 0 aliphatic carbocycles. The zero-order valence-corrected chi connectivity index (χ0v) is 14.3. The van der Waals surface area contributed by atoms with Gasteiger partial charge in [0.2, 0.25) is 0 Å². The summed E-state index contributed by atoms with van der Waals surface area (Å²) in [6.45, 7) is 6.35. The number of nitrogens with one attached hydrogen (secondary N) is 1. The van der Waals surface area contributed by atoms with Crippen LogP contribution in [0, 0.1) is 12.8 Å². The average molecular weight is 333 g/mol. The molecule has 0 saturated carbocycles. The van der Waals surface area contributed by atoms with Crippen LogP contribution in [0.5, 0.6) is 0 Å². The van der Waals surface area contributed by atoms with E-state index in [2.05, 4.69) is 23.2 Å². The molecular weight excluding hydrogens is 306 g/mol. The summed E-state index contributed by atoms with van der Waals surface area (Å²) in [7, 11) is 0. The number of carbonyl (C=O) groups is 1. The van der Waals surface area contributed by atoms with E-state index in [0.717, 1.165) is 24.3 Å². The highest BCUT2D eigenvalue weighted by Crippen LogP contribution is 2.29. The minimum Gasteiger partial charge on any atom is -0.396 e. The minimum atomic E-state index is -0.124. The molecule has 0 bridgehead atoms. The molecule has 2 heterocycles. The highest BCUT2D eigenvalue weighted by molar-refractivity contribution is 5.91. The molecule has 3 rings (SSSR count). The van der Waals surface area contributed by atoms with Crippen LogP contribution in [-0.2, 0) is 4.74 Å². The van der Waals surface area contributed by atoms with E-state index in [0.29, 0.717) is 26.3 Å². The number of nitrogens with zero attached hydrogens (tertiary/aromatic N) is 2. The summed E-state index contributed by atoms with van der Waals surface area (Å²) in [6, 6.07) is 5.95. The molecule has 0 unspecified atom stereocenters. The summed E-state index contributed by atoms with van der Waals surface area (Å²) >= 11 is 0. The van der Waals surface area contributed by atoms with Crippen molar-refractivity contribution in [2.24, 2.45) is 5.92 Å². The lowest BCUT2D eigenvalue weighted by Gasteiger charge is -2.25. The Morgan fingerprint density at radius 2 is 2.12 bits per heavy atom. The molecule has 2 aliphatic heterocycles. The second-order valence-corrected chi connectivity index (χ2v) is 6.64. The smallest absolute Gasteiger partial charge is 0.321 e. The molecule has 2 aliphatic rings. The molecule has 6 heteroatoms. The summed E-state index contributed by atoms with van der Waals surface area (Å²) < 4.78 is 5.45. The fourth-order valence-corrected chi connectivity index (χ4v) is 3.43. The first-order valence-corrected chi connectivity index (χ1v) is 8.78. The number of hydrogen-bond donors (Lipinski definition) is 2. The minimum absolute atomic E-state index is 0.0183. The van der Waals surface area contributed by atoms with Gasteiger partial charge in [-0.2, -0.15) is 0 Å². The number of aliphatic hydroxyl groups is 1. The third-order valence-electron chi connectivity index (χ3n) is 4.88. The maximum absolute atomic E-state index is 12.6. The third kappa shape index (κ3) is 3.82. The van der Waals surface area contributed by atoms with E-state index in [1.807, 2.05) is 12.1 Å². The van der Waals surface area contributed by atoms with Gasteiger partial charge in [-0.25, -0.2) is 4.79 Å². The zero-order chi connectivity index (χ0) is 16.9. The highest BCUT2D eigenvalue weighted by Gasteiger charge is 2.23. The first-order chi connectivity index (χ1) is 11.7. The van der Waals surface area contributed by atoms with E-state index < -0.39 is 0 Å². The van der Waals surface area contributed by atoms with Crippen molar-refractivity contribution in [3.05, 3.63) is 23.8 Å². The van der Waals surface area contributed by atoms with Gasteiger partial charge >= 0.3 is 6.03 Å². The maximum atomic E-state index is 12.6. The summed E-state index contributed by atoms with van der Waals surface area (Å²) in [6.07, 6.45) is 2.46. The molecule has 24 heavy (non-hydrogen) atoms. The van der Waals surface area contributed by atoms with Crippen LogP contribution in [0.1, 0.15) is 18.4 Å². The summed E-state index contributed by atoms with van der Waals surface area (Å²) in [5.41, 5.74) is 3.17. The van der Waals surface area contributed by atoms with Crippen molar-refractivity contribution in [2.45, 2.75) is 19.8 Å². The number of ether oxygens (including phenoxy) is 1. The normalized spacial score (nSPS) is 21.7. The number of benzene rings is 1. The van der Waals surface area contributed by atoms with Gasteiger partial charge in [0.25, 0.3) is 0 Å². The van der Waals surface area contributed by atoms with Crippen molar-refractivity contribution in [2.75, 3.05) is 56.2 Å². The second-order valence-electron chi connectivity index (χ2n) is 6.64. The van der Waals surface area contributed by atoms with E-state index in [4.69, 9.17) is 4.74 Å². The van der Waals surface area contributed by atoms with E-state index in [1.165, 1.54) is 18.5 Å². The molecule has 2 N–H and O–H groups in total. The highest BCUT2D eigenvalue weighted by atomic mass is 16.5. The number of aliphatic hydroxyl groups excluding tert-OH is 1. The molecule has 2 fully saturated rings. The Bertz CT molecular complexity index is 573. The lowest BCUT2D eigenvalue weighted by Crippen LogP contribution is -2.39. The van der Waals surface area contributed by atoms with Gasteiger partial charge in [0.05, 0.1) is 13.2 Å². The fraction of sp³-hybridized carbons (Fsp3) is 0.611. The average Bonchev–Trinajstić information content (AvgIpc) is 3.00. The first kappa shape index (κ1) is 17.0. The molecule has 2 amide bonds. The summed E-state index contributed by atoms with van der Waals surface area (Å²) in [4.78, 5) is 16.7. The van der Waals surface area contributed by atoms with E-state index in [-0.39, 0.29) is 18.6 Å². The number of rotatable bonds is 3. The van der Waals surface area contributed by atoms with Crippen LogP contribution in [0.15, 0.2) is 18.2 Å². The van der Waals surface area contributed by atoms with Crippen molar-refractivity contribution in [3.8, 4) is 0 Å². The Hall–Kier alpha value is -1.79. The largest absolute Gasteiger partial charge is 0.396 e. The van der Waals surface area contributed by atoms with Gasteiger partial charge in [-0.1, -0.05) is 6.07 Å². The molecule has 2 saturated heterocycles. The predicted octanol–water partition coefficient (Wildman–Crippen LogP) is 2.07. The number of hydrogen-bond acceptors (Lipinski definition) is 4. The van der Waals surface area contributed by atoms with Gasteiger partial charge in [0.1, 0.15) is 0 Å². The van der Waals surface area contributed by atoms with Crippen LogP contribution in [0.25, 0.3) is 0 Å². The predicted molar refractivity (Wildman–Crippen MR) is 94.6 cm³/mol. The Kier molecular flexibility index (Phi) is 5.58. The van der Waals surface area contributed by atoms with Crippen LogP contribution in [0.4, 0.5) is 16.2 Å². The third-order valence-corrected chi connectivity index (χ3v) is 4.88. The Morgan fingerprint density at radius 1 is 1.33 bits per heavy atom. The lowest BCUT2D eigenvalue weighted by atomic mass is 10.1. The molecular formula is C18H27N3O3. The maximum Gasteiger partial charge on any atom is 0.321 e. The van der Waals surface area contributed by atoms with Crippen LogP contribution >= 0.6 is 0 Å². The number of amides is 2. The SMILES string of the molecule is Cc1c(NC(=O)N2CCOC[C@H](CO)C2)cccc1N1CCCC1. The molecule has 0 aromatic heterocycles. The summed E-state index contributed by atoms with van der Waals surface area (Å²) in [5.74, 6) is -0.0183. The Balaban J connectivity index is 1.70. The molecule has 1 aromatic carbocycles. The van der Waals surface area contributed by atoms with E-state index in [1.54, 1.807) is 4.90 Å². The number of anilines is 2. The van der Waals surface area contributed by atoms with Crippen molar-refractivity contribution < 1.29 is 14.6 Å². The molecule has 0 radical (unpaired) electrons. The van der Waals surface area contributed by atoms with Gasteiger partial charge in [0, 0.05) is 50.1 Å². The van der Waals surface area contributed by atoms with E-state index >= 15 is 0 Å². The van der Waals surface area contributed by atoms with E-state index in [9.17, 15) is 9.90 Å². The molecule has 6 nitrogen and oxygen atoms in total. The number of carbonyl (C=O) groups excluding carboxylic acids is 1. The quantitative estimate of drug-likeness (QED) is 0.889. The van der Waals surface area contributed by atoms with Crippen LogP contribution in [0.3, 0.4) is 0 Å². The van der Waals surface area contributed by atoms with Crippen LogP contribution in [-0.4, -0.2) is 62.0 Å². The van der Waals surface area contributed by atoms with Crippen LogP contribution in [0.2, 0.25) is 0 Å². The number of urea groups is 1. The Morgan fingerprint density at radius 3 is 2.88 bits per heavy atom. The lowest BCUT2D eigenvalue weighted by molar-refractivity contribution is 0.0958. The molecule has 1 atom stereocenters. The summed E-state index contributed by atoms with van der Waals surface area (Å²) in [5, 5.41) is 12.4. The van der Waals surface area contributed by atoms with Gasteiger partial charge < -0.3 is 25.0 Å². The van der Waals surface area contributed by atoms with Crippen molar-refractivity contribution in [1.29, 1.82) is 0 Å². The van der Waals surface area contributed by atoms with Crippen molar-refractivity contribution in [3.63, 3.8) is 0 Å². The van der Waals surface area contributed by atoms with Crippen LogP contribution < -0.4 is 10.2 Å². The zero-order valence-electron chi connectivity index (χ0n) is 14.3. The van der Waals surface area contributed by atoms with Gasteiger partial charge in [-0.05, 0) is 37.5 Å². The fourth-order valence-electron chi connectivity index (χ4n) is 3.43. The van der Waals surface area contributed by atoms with Gasteiger partial charge in [-0.3, -0.25) is 0 Å². The van der Waals surface area contributed by atoms with Crippen molar-refractivity contribution in [1.82, 2.24) is 4.90 Å². The molecule has 0 spiro atoms. The topological polar surface area (TPSA) is 65.0 Å². The first-order valence-electron chi connectivity index (χ1n) is 8.78. The Labute approximate surface area is 143 Å². The second kappa shape index (κ2) is 7.85. The molecule has 132 valence electrons. The van der Waals surface area contributed by atoms with Crippen molar-refractivity contribution >= 4 is 17.4 Å². The monoisotopic (exact) mass is 333 g/mol. The van der Waals surface area contributed by atoms with Gasteiger partial charge in [-0.15, -0.1) is 0 Å².